The van der Waals surface area contributed by atoms with Gasteiger partial charge in [-0.05, 0) is 26.0 Å². The number of ether oxygens (including phenoxy) is 1. The molecule has 88 valence electrons. The molecule has 0 saturated heterocycles. The highest BCUT2D eigenvalue weighted by atomic mass is 16.5. The highest BCUT2D eigenvalue weighted by Gasteiger charge is 2.12. The topological polar surface area (TPSA) is 57.0 Å². The molecular weight excluding hydrogens is 218 g/mol. The van der Waals surface area contributed by atoms with Crippen LogP contribution in [0.2, 0.25) is 0 Å². The zero-order chi connectivity index (χ0) is 12.3. The smallest absolute Gasteiger partial charge is 0.336 e. The summed E-state index contributed by atoms with van der Waals surface area (Å²) < 4.78 is 6.88. The van der Waals surface area contributed by atoms with Gasteiger partial charge in [-0.1, -0.05) is 18.2 Å². The van der Waals surface area contributed by atoms with Crippen LogP contribution in [0.4, 0.5) is 0 Å². The van der Waals surface area contributed by atoms with Gasteiger partial charge >= 0.3 is 6.01 Å². The molecule has 0 unspecified atom stereocenters. The SMILES string of the molecule is CC(=O)[C@@H](C)Oc1ncn(-c2ccccc2)n1. The quantitative estimate of drug-likeness (QED) is 0.802. The molecule has 0 aliphatic rings. The number of hydrogen-bond acceptors (Lipinski definition) is 4. The molecule has 0 fully saturated rings. The van der Waals surface area contributed by atoms with Crippen LogP contribution in [0.25, 0.3) is 5.69 Å². The van der Waals surface area contributed by atoms with Gasteiger partial charge in [0.05, 0.1) is 5.69 Å². The summed E-state index contributed by atoms with van der Waals surface area (Å²) in [5.41, 5.74) is 0.894. The molecule has 0 spiro atoms. The third kappa shape index (κ3) is 2.69. The van der Waals surface area contributed by atoms with E-state index in [2.05, 4.69) is 10.1 Å². The number of ketones is 1. The standard InChI is InChI=1S/C12H13N3O2/c1-9(16)10(2)17-12-13-8-15(14-12)11-6-4-3-5-7-11/h3-8,10H,1-2H3/t10-/m1/s1. The summed E-state index contributed by atoms with van der Waals surface area (Å²) in [7, 11) is 0. The summed E-state index contributed by atoms with van der Waals surface area (Å²) in [6, 6.07) is 9.78. The summed E-state index contributed by atoms with van der Waals surface area (Å²) in [5.74, 6) is -0.0546. The van der Waals surface area contributed by atoms with E-state index in [0.29, 0.717) is 0 Å². The molecule has 0 radical (unpaired) electrons. The molecule has 5 nitrogen and oxygen atoms in total. The predicted octanol–water partition coefficient (Wildman–Crippen LogP) is 1.62. The lowest BCUT2D eigenvalue weighted by Gasteiger charge is -2.06. The third-order valence-electron chi connectivity index (χ3n) is 2.35. The highest BCUT2D eigenvalue weighted by molar-refractivity contribution is 5.80. The number of carbonyl (C=O) groups is 1. The second-order valence-electron chi connectivity index (χ2n) is 3.68. The van der Waals surface area contributed by atoms with Crippen LogP contribution < -0.4 is 4.74 Å². The third-order valence-corrected chi connectivity index (χ3v) is 2.35. The summed E-state index contributed by atoms with van der Waals surface area (Å²) in [5, 5.41) is 4.13. The minimum absolute atomic E-state index is 0.0546. The van der Waals surface area contributed by atoms with Crippen LogP contribution in [-0.2, 0) is 4.79 Å². The maximum atomic E-state index is 11.0. The van der Waals surface area contributed by atoms with Crippen LogP contribution in [0.3, 0.4) is 0 Å². The molecule has 0 amide bonds. The number of benzene rings is 1. The van der Waals surface area contributed by atoms with Gasteiger partial charge in [-0.3, -0.25) is 4.79 Å². The van der Waals surface area contributed by atoms with Crippen LogP contribution >= 0.6 is 0 Å². The van der Waals surface area contributed by atoms with Crippen molar-refractivity contribution >= 4 is 5.78 Å². The Labute approximate surface area is 99.1 Å². The number of carbonyl (C=O) groups excluding carboxylic acids is 1. The van der Waals surface area contributed by atoms with Crippen LogP contribution in [-0.4, -0.2) is 26.7 Å². The Hall–Kier alpha value is -2.17. The number of para-hydroxylation sites is 1. The fraction of sp³-hybridized carbons (Fsp3) is 0.250. The molecule has 0 aliphatic heterocycles. The average Bonchev–Trinajstić information content (AvgIpc) is 2.78. The molecule has 0 bridgehead atoms. The van der Waals surface area contributed by atoms with E-state index >= 15 is 0 Å². The predicted molar refractivity (Wildman–Crippen MR) is 62.1 cm³/mol. The molecule has 0 saturated carbocycles. The van der Waals surface area contributed by atoms with Crippen molar-refractivity contribution in [1.29, 1.82) is 0 Å². The lowest BCUT2D eigenvalue weighted by Crippen LogP contribution is -2.21. The van der Waals surface area contributed by atoms with E-state index < -0.39 is 6.10 Å². The fourth-order valence-corrected chi connectivity index (χ4v) is 1.25. The summed E-state index contributed by atoms with van der Waals surface area (Å²) in [6.45, 7) is 3.14. The first-order valence-electron chi connectivity index (χ1n) is 5.31. The molecule has 0 aliphatic carbocycles. The molecule has 0 N–H and O–H groups in total. The van der Waals surface area contributed by atoms with Crippen LogP contribution in [0.1, 0.15) is 13.8 Å². The Kier molecular flexibility index (Phi) is 3.18. The minimum atomic E-state index is -0.526. The zero-order valence-corrected chi connectivity index (χ0v) is 9.70. The van der Waals surface area contributed by atoms with Crippen molar-refractivity contribution in [3.8, 4) is 11.7 Å². The molecule has 2 aromatic rings. The number of rotatable bonds is 4. The van der Waals surface area contributed by atoms with E-state index in [1.807, 2.05) is 30.3 Å². The molecule has 1 heterocycles. The Bertz CT molecular complexity index is 507. The number of aromatic nitrogens is 3. The minimum Gasteiger partial charge on any atom is -0.451 e. The Morgan fingerprint density at radius 1 is 1.35 bits per heavy atom. The first-order valence-corrected chi connectivity index (χ1v) is 5.31. The molecular formula is C12H13N3O2. The molecule has 1 atom stereocenters. The molecule has 5 heteroatoms. The van der Waals surface area contributed by atoms with Gasteiger partial charge in [0, 0.05) is 0 Å². The number of Topliss-reactive ketones (excluding diaryl/α,β-unsaturated/α-hetero) is 1. The number of nitrogens with zero attached hydrogens (tertiary/aromatic N) is 3. The monoisotopic (exact) mass is 231 g/mol. The largest absolute Gasteiger partial charge is 0.451 e. The van der Waals surface area contributed by atoms with Gasteiger partial charge < -0.3 is 4.74 Å². The van der Waals surface area contributed by atoms with Crippen molar-refractivity contribution in [2.45, 2.75) is 20.0 Å². The Morgan fingerprint density at radius 2 is 2.06 bits per heavy atom. The van der Waals surface area contributed by atoms with E-state index in [0.717, 1.165) is 5.69 Å². The van der Waals surface area contributed by atoms with Crippen molar-refractivity contribution in [2.75, 3.05) is 0 Å². The lowest BCUT2D eigenvalue weighted by atomic mass is 10.3. The fourth-order valence-electron chi connectivity index (χ4n) is 1.25. The van der Waals surface area contributed by atoms with Crippen LogP contribution in [0.5, 0.6) is 6.01 Å². The summed E-state index contributed by atoms with van der Waals surface area (Å²) >= 11 is 0. The van der Waals surface area contributed by atoms with E-state index in [4.69, 9.17) is 4.74 Å². The Morgan fingerprint density at radius 3 is 2.71 bits per heavy atom. The van der Waals surface area contributed by atoms with Gasteiger partial charge in [-0.2, -0.15) is 4.98 Å². The van der Waals surface area contributed by atoms with Crippen LogP contribution in [0.15, 0.2) is 36.7 Å². The maximum absolute atomic E-state index is 11.0. The maximum Gasteiger partial charge on any atom is 0.336 e. The van der Waals surface area contributed by atoms with Crippen molar-refractivity contribution in [3.63, 3.8) is 0 Å². The van der Waals surface area contributed by atoms with Gasteiger partial charge in [0.2, 0.25) is 0 Å². The summed E-state index contributed by atoms with van der Waals surface area (Å²) in [6.07, 6.45) is 1.03. The van der Waals surface area contributed by atoms with Crippen molar-refractivity contribution in [2.24, 2.45) is 0 Å². The van der Waals surface area contributed by atoms with Gasteiger partial charge in [-0.25, -0.2) is 4.68 Å². The zero-order valence-electron chi connectivity index (χ0n) is 9.70. The highest BCUT2D eigenvalue weighted by Crippen LogP contribution is 2.09. The second-order valence-corrected chi connectivity index (χ2v) is 3.68. The van der Waals surface area contributed by atoms with Gasteiger partial charge in [0.25, 0.3) is 0 Å². The molecule has 1 aromatic heterocycles. The van der Waals surface area contributed by atoms with Gasteiger partial charge in [-0.15, -0.1) is 5.10 Å². The molecule has 1 aromatic carbocycles. The summed E-state index contributed by atoms with van der Waals surface area (Å²) in [4.78, 5) is 15.0. The van der Waals surface area contributed by atoms with Gasteiger partial charge in [0.1, 0.15) is 6.33 Å². The van der Waals surface area contributed by atoms with Crippen molar-refractivity contribution in [1.82, 2.24) is 14.8 Å². The second kappa shape index (κ2) is 4.78. The average molecular weight is 231 g/mol. The van der Waals surface area contributed by atoms with Crippen LogP contribution in [0, 0.1) is 0 Å². The van der Waals surface area contributed by atoms with E-state index in [-0.39, 0.29) is 11.8 Å². The first kappa shape index (κ1) is 11.3. The molecule has 17 heavy (non-hydrogen) atoms. The lowest BCUT2D eigenvalue weighted by molar-refractivity contribution is -0.123. The van der Waals surface area contributed by atoms with Gasteiger partial charge in [0.15, 0.2) is 11.9 Å². The van der Waals surface area contributed by atoms with E-state index in [9.17, 15) is 4.79 Å². The van der Waals surface area contributed by atoms with E-state index in [1.165, 1.54) is 6.92 Å². The first-order chi connectivity index (χ1) is 8.16. The number of hydrogen-bond donors (Lipinski definition) is 0. The normalized spacial score (nSPS) is 12.1. The Balaban J connectivity index is 2.14. The van der Waals surface area contributed by atoms with E-state index in [1.54, 1.807) is 17.9 Å². The molecule has 2 rings (SSSR count). The van der Waals surface area contributed by atoms with Crippen molar-refractivity contribution < 1.29 is 9.53 Å². The van der Waals surface area contributed by atoms with Crippen molar-refractivity contribution in [3.05, 3.63) is 36.7 Å².